The summed E-state index contributed by atoms with van der Waals surface area (Å²) < 4.78 is 42.8. The fourth-order valence-electron chi connectivity index (χ4n) is 2.89. The fraction of sp³-hybridized carbons (Fsp3) is 0.150. The summed E-state index contributed by atoms with van der Waals surface area (Å²) in [6.07, 6.45) is -1.46. The van der Waals surface area contributed by atoms with Crippen molar-refractivity contribution in [3.05, 3.63) is 84.1 Å². The summed E-state index contributed by atoms with van der Waals surface area (Å²) in [6, 6.07) is 15.6. The molecule has 0 bridgehead atoms. The Morgan fingerprint density at radius 2 is 1.68 bits per heavy atom. The molecule has 5 nitrogen and oxygen atoms in total. The van der Waals surface area contributed by atoms with Crippen LogP contribution < -0.4 is 0 Å². The highest BCUT2D eigenvalue weighted by molar-refractivity contribution is 5.63. The summed E-state index contributed by atoms with van der Waals surface area (Å²) in [5.74, 6) is 0. The fourth-order valence-corrected chi connectivity index (χ4v) is 2.89. The Bertz CT molecular complexity index is 1060. The zero-order valence-electron chi connectivity index (χ0n) is 14.9. The predicted octanol–water partition coefficient (Wildman–Crippen LogP) is 4.51. The zero-order chi connectivity index (χ0) is 19.7. The average Bonchev–Trinajstić information content (AvgIpc) is 3.33. The molecule has 0 aliphatic heterocycles. The molecule has 0 radical (unpaired) electrons. The molecule has 0 fully saturated rings. The Morgan fingerprint density at radius 3 is 2.29 bits per heavy atom. The molecule has 2 aromatic heterocycles. The van der Waals surface area contributed by atoms with Crippen LogP contribution in [0, 0.1) is 6.92 Å². The minimum atomic E-state index is -4.52. The van der Waals surface area contributed by atoms with Gasteiger partial charge in [0.25, 0.3) is 0 Å². The molecule has 0 amide bonds. The SMILES string of the molecule is Cc1ccc(-c2cc(C(F)(F)F)nn2-c2ccc(Cn3cncn3)cc2)cc1. The van der Waals surface area contributed by atoms with Crippen molar-refractivity contribution in [1.29, 1.82) is 0 Å². The Morgan fingerprint density at radius 1 is 0.964 bits per heavy atom. The number of halogens is 3. The molecule has 2 aromatic carbocycles. The number of nitrogens with zero attached hydrogens (tertiary/aromatic N) is 5. The van der Waals surface area contributed by atoms with Gasteiger partial charge >= 0.3 is 6.18 Å². The molecular formula is C20H16F3N5. The van der Waals surface area contributed by atoms with E-state index in [1.54, 1.807) is 35.3 Å². The number of benzene rings is 2. The number of rotatable bonds is 4. The lowest BCUT2D eigenvalue weighted by atomic mass is 10.1. The van der Waals surface area contributed by atoms with Gasteiger partial charge in [0, 0.05) is 5.56 Å². The molecule has 8 heteroatoms. The molecule has 0 saturated heterocycles. The molecule has 0 unspecified atom stereocenters. The predicted molar refractivity (Wildman–Crippen MR) is 97.9 cm³/mol. The first-order valence-electron chi connectivity index (χ1n) is 8.56. The molecule has 0 N–H and O–H groups in total. The van der Waals surface area contributed by atoms with Crippen molar-refractivity contribution < 1.29 is 13.2 Å². The van der Waals surface area contributed by atoms with E-state index in [4.69, 9.17) is 0 Å². The lowest BCUT2D eigenvalue weighted by Crippen LogP contribution is -2.07. The Kier molecular flexibility index (Phi) is 4.46. The smallest absolute Gasteiger partial charge is 0.249 e. The number of aryl methyl sites for hydroxylation is 1. The van der Waals surface area contributed by atoms with Crippen LogP contribution in [0.3, 0.4) is 0 Å². The Hall–Kier alpha value is -3.42. The van der Waals surface area contributed by atoms with E-state index in [-0.39, 0.29) is 0 Å². The van der Waals surface area contributed by atoms with Crippen LogP contribution >= 0.6 is 0 Å². The van der Waals surface area contributed by atoms with Crippen LogP contribution in [-0.4, -0.2) is 24.5 Å². The molecule has 0 atom stereocenters. The van der Waals surface area contributed by atoms with E-state index in [2.05, 4.69) is 15.2 Å². The molecular weight excluding hydrogens is 367 g/mol. The quantitative estimate of drug-likeness (QED) is 0.521. The van der Waals surface area contributed by atoms with Crippen molar-refractivity contribution in [2.75, 3.05) is 0 Å². The van der Waals surface area contributed by atoms with Crippen LogP contribution in [0.15, 0.2) is 67.3 Å². The van der Waals surface area contributed by atoms with E-state index < -0.39 is 11.9 Å². The van der Waals surface area contributed by atoms with Crippen molar-refractivity contribution in [3.8, 4) is 16.9 Å². The zero-order valence-corrected chi connectivity index (χ0v) is 14.9. The second-order valence-electron chi connectivity index (χ2n) is 6.45. The maximum absolute atomic E-state index is 13.3. The maximum Gasteiger partial charge on any atom is 0.435 e. The highest BCUT2D eigenvalue weighted by Crippen LogP contribution is 2.33. The van der Waals surface area contributed by atoms with Crippen molar-refractivity contribution in [2.24, 2.45) is 0 Å². The Labute approximate surface area is 159 Å². The third-order valence-corrected chi connectivity index (χ3v) is 4.34. The van der Waals surface area contributed by atoms with Gasteiger partial charge in [-0.15, -0.1) is 0 Å². The highest BCUT2D eigenvalue weighted by Gasteiger charge is 2.35. The minimum absolute atomic E-state index is 0.386. The molecule has 142 valence electrons. The molecule has 0 spiro atoms. The van der Waals surface area contributed by atoms with Gasteiger partial charge in [0.05, 0.1) is 17.9 Å². The van der Waals surface area contributed by atoms with Gasteiger partial charge in [0.15, 0.2) is 5.69 Å². The molecule has 0 aliphatic carbocycles. The standard InChI is InChI=1S/C20H16F3N5/c1-14-2-6-16(7-3-14)18-10-19(20(21,22)23)26-28(18)17-8-4-15(5-9-17)11-27-13-24-12-25-27/h2-10,12-13H,11H2,1H3. The topological polar surface area (TPSA) is 48.5 Å². The molecule has 2 heterocycles. The largest absolute Gasteiger partial charge is 0.435 e. The Balaban J connectivity index is 1.73. The van der Waals surface area contributed by atoms with E-state index in [0.717, 1.165) is 17.2 Å². The third-order valence-electron chi connectivity index (χ3n) is 4.34. The highest BCUT2D eigenvalue weighted by atomic mass is 19.4. The second-order valence-corrected chi connectivity index (χ2v) is 6.45. The normalized spacial score (nSPS) is 11.7. The third kappa shape index (κ3) is 3.66. The number of hydrogen-bond donors (Lipinski definition) is 0. The molecule has 4 rings (SSSR count). The van der Waals surface area contributed by atoms with Crippen molar-refractivity contribution in [1.82, 2.24) is 24.5 Å². The van der Waals surface area contributed by atoms with E-state index in [0.29, 0.717) is 23.5 Å². The summed E-state index contributed by atoms with van der Waals surface area (Å²) >= 11 is 0. The molecule has 0 saturated carbocycles. The first kappa shape index (κ1) is 18.0. The van der Waals surface area contributed by atoms with Crippen LogP contribution in [-0.2, 0) is 12.7 Å². The van der Waals surface area contributed by atoms with E-state index in [9.17, 15) is 13.2 Å². The number of aromatic nitrogens is 5. The van der Waals surface area contributed by atoms with Gasteiger partial charge in [-0.3, -0.25) is 0 Å². The first-order valence-corrected chi connectivity index (χ1v) is 8.56. The van der Waals surface area contributed by atoms with Crippen LogP contribution in [0.2, 0.25) is 0 Å². The summed E-state index contributed by atoms with van der Waals surface area (Å²) in [5.41, 5.74) is 2.66. The second kappa shape index (κ2) is 6.95. The maximum atomic E-state index is 13.3. The number of alkyl halides is 3. The lowest BCUT2D eigenvalue weighted by Gasteiger charge is -2.09. The summed E-state index contributed by atoms with van der Waals surface area (Å²) in [5, 5.41) is 7.87. The van der Waals surface area contributed by atoms with E-state index in [1.165, 1.54) is 11.0 Å². The van der Waals surface area contributed by atoms with Gasteiger partial charge < -0.3 is 0 Å². The van der Waals surface area contributed by atoms with Crippen molar-refractivity contribution in [2.45, 2.75) is 19.6 Å². The van der Waals surface area contributed by atoms with Crippen molar-refractivity contribution in [3.63, 3.8) is 0 Å². The monoisotopic (exact) mass is 383 g/mol. The average molecular weight is 383 g/mol. The van der Waals surface area contributed by atoms with E-state index in [1.807, 2.05) is 31.2 Å². The van der Waals surface area contributed by atoms with Gasteiger partial charge in [-0.05, 0) is 30.7 Å². The molecule has 28 heavy (non-hydrogen) atoms. The van der Waals surface area contributed by atoms with Crippen LogP contribution in [0.4, 0.5) is 13.2 Å². The number of hydrogen-bond acceptors (Lipinski definition) is 3. The van der Waals surface area contributed by atoms with E-state index >= 15 is 0 Å². The van der Waals surface area contributed by atoms with Crippen molar-refractivity contribution >= 4 is 0 Å². The molecule has 4 aromatic rings. The van der Waals surface area contributed by atoms with Crippen LogP contribution in [0.25, 0.3) is 16.9 Å². The summed E-state index contributed by atoms with van der Waals surface area (Å²) in [6.45, 7) is 2.45. The minimum Gasteiger partial charge on any atom is -0.249 e. The van der Waals surface area contributed by atoms with Gasteiger partial charge in [-0.2, -0.15) is 23.4 Å². The van der Waals surface area contributed by atoms with Gasteiger partial charge in [-0.25, -0.2) is 14.3 Å². The van der Waals surface area contributed by atoms with Gasteiger partial charge in [0.1, 0.15) is 12.7 Å². The summed E-state index contributed by atoms with van der Waals surface area (Å²) in [4.78, 5) is 3.89. The van der Waals surface area contributed by atoms with Gasteiger partial charge in [0.2, 0.25) is 0 Å². The van der Waals surface area contributed by atoms with Gasteiger partial charge in [-0.1, -0.05) is 42.0 Å². The summed E-state index contributed by atoms with van der Waals surface area (Å²) in [7, 11) is 0. The van der Waals surface area contributed by atoms with Crippen LogP contribution in [0.5, 0.6) is 0 Å². The van der Waals surface area contributed by atoms with Crippen LogP contribution in [0.1, 0.15) is 16.8 Å². The molecule has 0 aliphatic rings. The lowest BCUT2D eigenvalue weighted by molar-refractivity contribution is -0.141. The first-order chi connectivity index (χ1) is 13.4.